The van der Waals surface area contributed by atoms with Gasteiger partial charge in [-0.3, -0.25) is 4.68 Å². The van der Waals surface area contributed by atoms with Crippen LogP contribution in [0.5, 0.6) is 0 Å². The van der Waals surface area contributed by atoms with E-state index in [1.807, 2.05) is 32.4 Å². The maximum atomic E-state index is 14.1. The summed E-state index contributed by atoms with van der Waals surface area (Å²) in [4.78, 5) is 0. The molecular formula is C16H21F2N3. The van der Waals surface area contributed by atoms with Gasteiger partial charge in [0.15, 0.2) is 5.82 Å². The van der Waals surface area contributed by atoms with Crippen LogP contribution in [0.3, 0.4) is 0 Å². The van der Waals surface area contributed by atoms with Crippen LogP contribution in [0.2, 0.25) is 0 Å². The van der Waals surface area contributed by atoms with Gasteiger partial charge in [0.1, 0.15) is 11.5 Å². The van der Waals surface area contributed by atoms with Crippen molar-refractivity contribution in [3.63, 3.8) is 0 Å². The fraction of sp³-hybridized carbons (Fsp3) is 0.438. The normalized spacial score (nSPS) is 12.5. The van der Waals surface area contributed by atoms with Gasteiger partial charge in [-0.2, -0.15) is 5.10 Å². The standard InChI is InChI=1S/C16H21F2N3/c1-6-21-12(5)14(11(4)20-21)10(3)19-16-13(17)8-7-9(2)15(16)18/h7-8,10,19H,6H2,1-5H3. The molecule has 1 atom stereocenters. The number of hydrogen-bond donors (Lipinski definition) is 1. The number of benzene rings is 1. The van der Waals surface area contributed by atoms with Crippen LogP contribution in [-0.2, 0) is 6.54 Å². The first-order valence-corrected chi connectivity index (χ1v) is 7.11. The van der Waals surface area contributed by atoms with Gasteiger partial charge in [0.2, 0.25) is 0 Å². The van der Waals surface area contributed by atoms with E-state index in [-0.39, 0.29) is 11.7 Å². The monoisotopic (exact) mass is 293 g/mol. The molecule has 3 nitrogen and oxygen atoms in total. The second kappa shape index (κ2) is 5.84. The third kappa shape index (κ3) is 2.77. The zero-order chi connectivity index (χ0) is 15.7. The second-order valence-electron chi connectivity index (χ2n) is 5.32. The summed E-state index contributed by atoms with van der Waals surface area (Å²) in [5, 5.41) is 7.39. The fourth-order valence-electron chi connectivity index (χ4n) is 2.72. The Morgan fingerprint density at radius 2 is 1.90 bits per heavy atom. The van der Waals surface area contributed by atoms with Gasteiger partial charge in [0, 0.05) is 17.8 Å². The van der Waals surface area contributed by atoms with Crippen LogP contribution in [0.25, 0.3) is 0 Å². The van der Waals surface area contributed by atoms with E-state index in [2.05, 4.69) is 10.4 Å². The molecule has 114 valence electrons. The van der Waals surface area contributed by atoms with Gasteiger partial charge >= 0.3 is 0 Å². The number of halogens is 2. The van der Waals surface area contributed by atoms with Crippen LogP contribution in [-0.4, -0.2) is 9.78 Å². The van der Waals surface area contributed by atoms with Gasteiger partial charge in [0.25, 0.3) is 0 Å². The number of hydrogen-bond acceptors (Lipinski definition) is 2. The number of aryl methyl sites for hydroxylation is 3. The van der Waals surface area contributed by atoms with E-state index in [4.69, 9.17) is 0 Å². The third-order valence-corrected chi connectivity index (χ3v) is 3.82. The van der Waals surface area contributed by atoms with E-state index >= 15 is 0 Å². The van der Waals surface area contributed by atoms with E-state index in [1.165, 1.54) is 12.1 Å². The van der Waals surface area contributed by atoms with Crippen LogP contribution < -0.4 is 5.32 Å². The lowest BCUT2D eigenvalue weighted by atomic mass is 10.1. The van der Waals surface area contributed by atoms with Crippen LogP contribution >= 0.6 is 0 Å². The molecule has 5 heteroatoms. The van der Waals surface area contributed by atoms with Gasteiger partial charge in [-0.05, 0) is 46.2 Å². The molecule has 1 N–H and O–H groups in total. The summed E-state index contributed by atoms with van der Waals surface area (Å²) < 4.78 is 29.8. The minimum absolute atomic E-state index is 0.0782. The molecule has 0 spiro atoms. The Hall–Kier alpha value is -1.91. The average molecular weight is 293 g/mol. The largest absolute Gasteiger partial charge is 0.374 e. The Morgan fingerprint density at radius 1 is 1.24 bits per heavy atom. The maximum absolute atomic E-state index is 14.1. The van der Waals surface area contributed by atoms with E-state index in [1.54, 1.807) is 6.92 Å². The lowest BCUT2D eigenvalue weighted by molar-refractivity contribution is 0.578. The Kier molecular flexibility index (Phi) is 4.30. The van der Waals surface area contributed by atoms with E-state index in [0.717, 1.165) is 23.5 Å². The number of nitrogens with zero attached hydrogens (tertiary/aromatic N) is 2. The molecular weight excluding hydrogens is 272 g/mol. The summed E-state index contributed by atoms with van der Waals surface area (Å²) in [6.45, 7) is 10.2. The van der Waals surface area contributed by atoms with E-state index in [0.29, 0.717) is 5.56 Å². The van der Waals surface area contributed by atoms with E-state index in [9.17, 15) is 8.78 Å². The van der Waals surface area contributed by atoms with Gasteiger partial charge in [-0.15, -0.1) is 0 Å². The number of nitrogens with one attached hydrogen (secondary N) is 1. The zero-order valence-corrected chi connectivity index (χ0v) is 13.1. The minimum atomic E-state index is -0.580. The van der Waals surface area contributed by atoms with Crippen molar-refractivity contribution in [3.8, 4) is 0 Å². The molecule has 0 saturated carbocycles. The highest BCUT2D eigenvalue weighted by Crippen LogP contribution is 2.29. The lowest BCUT2D eigenvalue weighted by Gasteiger charge is -2.18. The first-order valence-electron chi connectivity index (χ1n) is 7.11. The molecule has 1 unspecified atom stereocenters. The van der Waals surface area contributed by atoms with E-state index < -0.39 is 11.6 Å². The Balaban J connectivity index is 2.37. The SMILES string of the molecule is CCn1nc(C)c(C(C)Nc2c(F)ccc(C)c2F)c1C. The highest BCUT2D eigenvalue weighted by Gasteiger charge is 2.20. The van der Waals surface area contributed by atoms with Crippen LogP contribution in [0.1, 0.15) is 42.4 Å². The highest BCUT2D eigenvalue weighted by molar-refractivity contribution is 5.51. The molecule has 0 aliphatic rings. The molecule has 0 aliphatic carbocycles. The predicted molar refractivity (Wildman–Crippen MR) is 80.5 cm³/mol. The molecule has 0 bridgehead atoms. The Labute approximate surface area is 124 Å². The van der Waals surface area contributed by atoms with Crippen molar-refractivity contribution in [1.29, 1.82) is 0 Å². The smallest absolute Gasteiger partial charge is 0.152 e. The molecule has 2 aromatic rings. The number of anilines is 1. The molecule has 0 radical (unpaired) electrons. The molecule has 1 heterocycles. The lowest BCUT2D eigenvalue weighted by Crippen LogP contribution is -2.12. The summed E-state index contributed by atoms with van der Waals surface area (Å²) in [6, 6.07) is 2.49. The van der Waals surface area contributed by atoms with Crippen molar-refractivity contribution in [2.75, 3.05) is 5.32 Å². The first-order chi connectivity index (χ1) is 9.86. The topological polar surface area (TPSA) is 29.9 Å². The Bertz CT molecular complexity index is 662. The quantitative estimate of drug-likeness (QED) is 0.912. The molecule has 0 fully saturated rings. The summed E-state index contributed by atoms with van der Waals surface area (Å²) in [5.41, 5.74) is 3.22. The van der Waals surface area contributed by atoms with Gasteiger partial charge in [-0.1, -0.05) is 6.07 Å². The van der Waals surface area contributed by atoms with Crippen molar-refractivity contribution in [1.82, 2.24) is 9.78 Å². The maximum Gasteiger partial charge on any atom is 0.152 e. The molecule has 0 aliphatic heterocycles. The molecule has 0 saturated heterocycles. The van der Waals surface area contributed by atoms with Crippen molar-refractivity contribution in [2.45, 2.75) is 47.2 Å². The van der Waals surface area contributed by atoms with Crippen LogP contribution in [0.4, 0.5) is 14.5 Å². The van der Waals surface area contributed by atoms with Crippen LogP contribution in [0.15, 0.2) is 12.1 Å². The summed E-state index contributed by atoms with van der Waals surface area (Å²) in [6.07, 6.45) is 0. The minimum Gasteiger partial charge on any atom is -0.374 e. The number of aromatic nitrogens is 2. The molecule has 1 aromatic carbocycles. The van der Waals surface area contributed by atoms with Gasteiger partial charge < -0.3 is 5.32 Å². The second-order valence-corrected chi connectivity index (χ2v) is 5.32. The fourth-order valence-corrected chi connectivity index (χ4v) is 2.72. The summed E-state index contributed by atoms with van der Waals surface area (Å²) >= 11 is 0. The third-order valence-electron chi connectivity index (χ3n) is 3.82. The molecule has 1 aromatic heterocycles. The van der Waals surface area contributed by atoms with Crippen LogP contribution in [0, 0.1) is 32.4 Å². The zero-order valence-electron chi connectivity index (χ0n) is 13.1. The molecule has 21 heavy (non-hydrogen) atoms. The predicted octanol–water partition coefficient (Wildman–Crippen LogP) is 4.28. The van der Waals surface area contributed by atoms with Gasteiger partial charge in [0.05, 0.1) is 11.7 Å². The van der Waals surface area contributed by atoms with Crippen molar-refractivity contribution in [2.24, 2.45) is 0 Å². The van der Waals surface area contributed by atoms with Crippen molar-refractivity contribution < 1.29 is 8.78 Å². The average Bonchev–Trinajstić information content (AvgIpc) is 2.73. The molecule has 0 amide bonds. The first kappa shape index (κ1) is 15.5. The Morgan fingerprint density at radius 3 is 2.48 bits per heavy atom. The number of rotatable bonds is 4. The summed E-state index contributed by atoms with van der Waals surface area (Å²) in [7, 11) is 0. The summed E-state index contributed by atoms with van der Waals surface area (Å²) in [5.74, 6) is -1.12. The van der Waals surface area contributed by atoms with Crippen molar-refractivity contribution in [3.05, 3.63) is 46.3 Å². The van der Waals surface area contributed by atoms with Crippen molar-refractivity contribution >= 4 is 5.69 Å². The van der Waals surface area contributed by atoms with Gasteiger partial charge in [-0.25, -0.2) is 8.78 Å². The highest BCUT2D eigenvalue weighted by atomic mass is 19.1. The molecule has 2 rings (SSSR count).